The third-order valence-corrected chi connectivity index (χ3v) is 5.40. The Bertz CT molecular complexity index is 414. The van der Waals surface area contributed by atoms with Gasteiger partial charge in [-0.3, -0.25) is 9.00 Å². The number of carbonyl (C=O) groups excluding carboxylic acids is 1. The lowest BCUT2D eigenvalue weighted by molar-refractivity contribution is -0.151. The van der Waals surface area contributed by atoms with E-state index in [0.29, 0.717) is 11.5 Å². The van der Waals surface area contributed by atoms with E-state index >= 15 is 0 Å². The van der Waals surface area contributed by atoms with Gasteiger partial charge < -0.3 is 14.7 Å². The Morgan fingerprint density at radius 2 is 2.41 bits per heavy atom. The summed E-state index contributed by atoms with van der Waals surface area (Å²) in [5.74, 6) is -0.655. The molecule has 2 fully saturated rings. The van der Waals surface area contributed by atoms with Gasteiger partial charge in [0, 0.05) is 12.8 Å². The van der Waals surface area contributed by atoms with Crippen molar-refractivity contribution >= 4 is 16.7 Å². The molecule has 0 bridgehead atoms. The van der Waals surface area contributed by atoms with Gasteiger partial charge in [-0.1, -0.05) is 0 Å². The van der Waals surface area contributed by atoms with Crippen LogP contribution in [0, 0.1) is 5.92 Å². The number of rotatable bonds is 2. The number of hydrogen-bond donors (Lipinski definition) is 1. The molecule has 1 amide bonds. The topological polar surface area (TPSA) is 66.8 Å². The standard InChI is InChI=1S/C11H15NO4S/c1-6(13)9-10(14)12-5-8(17(15)11(9)12)7-3-2-4-16-7/h5-7,9,11,13H,2-4H2,1H3/t6-,7-,9+,11-,17?/m1/s1. The van der Waals surface area contributed by atoms with Gasteiger partial charge in [0.15, 0.2) is 0 Å². The Morgan fingerprint density at radius 3 is 3.00 bits per heavy atom. The minimum atomic E-state index is -1.23. The first-order valence-corrected chi connectivity index (χ1v) is 7.06. The third kappa shape index (κ3) is 1.51. The maximum atomic E-state index is 12.3. The Balaban J connectivity index is 1.83. The molecule has 0 aromatic carbocycles. The van der Waals surface area contributed by atoms with Crippen molar-refractivity contribution in [1.29, 1.82) is 0 Å². The molecule has 3 heterocycles. The lowest BCUT2D eigenvalue weighted by Gasteiger charge is -2.41. The van der Waals surface area contributed by atoms with Gasteiger partial charge in [0.2, 0.25) is 5.91 Å². The van der Waals surface area contributed by atoms with Gasteiger partial charge in [-0.2, -0.15) is 0 Å². The molecule has 17 heavy (non-hydrogen) atoms. The fourth-order valence-corrected chi connectivity index (χ4v) is 4.59. The van der Waals surface area contributed by atoms with Crippen LogP contribution < -0.4 is 0 Å². The summed E-state index contributed by atoms with van der Waals surface area (Å²) < 4.78 is 17.8. The molecular weight excluding hydrogens is 242 g/mol. The van der Waals surface area contributed by atoms with E-state index in [0.717, 1.165) is 12.8 Å². The van der Waals surface area contributed by atoms with Crippen molar-refractivity contribution in [3.05, 3.63) is 11.1 Å². The van der Waals surface area contributed by atoms with Crippen molar-refractivity contribution < 1.29 is 18.8 Å². The van der Waals surface area contributed by atoms with Crippen molar-refractivity contribution in [2.75, 3.05) is 6.61 Å². The van der Waals surface area contributed by atoms with E-state index in [-0.39, 0.29) is 17.4 Å². The first kappa shape index (κ1) is 11.4. The molecule has 3 aliphatic rings. The average Bonchev–Trinajstić information content (AvgIpc) is 2.85. The number of hydrogen-bond acceptors (Lipinski definition) is 4. The van der Waals surface area contributed by atoms with E-state index in [2.05, 4.69) is 0 Å². The average molecular weight is 257 g/mol. The molecule has 2 saturated heterocycles. The minimum Gasteiger partial charge on any atom is -0.392 e. The summed E-state index contributed by atoms with van der Waals surface area (Å²) in [7, 11) is -1.23. The first-order valence-electron chi connectivity index (χ1n) is 5.85. The maximum absolute atomic E-state index is 12.3. The summed E-state index contributed by atoms with van der Waals surface area (Å²) in [5.41, 5.74) is 0. The quantitative estimate of drug-likeness (QED) is 0.703. The summed E-state index contributed by atoms with van der Waals surface area (Å²) >= 11 is 0. The van der Waals surface area contributed by atoms with Crippen LogP contribution in [-0.4, -0.2) is 44.3 Å². The summed E-state index contributed by atoms with van der Waals surface area (Å²) in [5, 5.41) is 9.15. The third-order valence-electron chi connectivity index (χ3n) is 3.61. The second-order valence-electron chi connectivity index (χ2n) is 4.73. The first-order chi connectivity index (χ1) is 8.11. The van der Waals surface area contributed by atoms with Crippen molar-refractivity contribution in [3.8, 4) is 0 Å². The molecule has 6 heteroatoms. The Morgan fingerprint density at radius 1 is 1.65 bits per heavy atom. The monoisotopic (exact) mass is 257 g/mol. The number of carbonyl (C=O) groups is 1. The van der Waals surface area contributed by atoms with Gasteiger partial charge in [0.25, 0.3) is 0 Å². The van der Waals surface area contributed by atoms with Crippen molar-refractivity contribution in [3.63, 3.8) is 0 Å². The highest BCUT2D eigenvalue weighted by molar-refractivity contribution is 7.90. The fraction of sp³-hybridized carbons (Fsp3) is 0.727. The van der Waals surface area contributed by atoms with Crippen molar-refractivity contribution in [2.24, 2.45) is 5.92 Å². The predicted octanol–water partition coefficient (Wildman–Crippen LogP) is -0.0656. The van der Waals surface area contributed by atoms with Gasteiger partial charge in [0.1, 0.15) is 5.37 Å². The molecule has 0 aromatic heterocycles. The van der Waals surface area contributed by atoms with Gasteiger partial charge in [0.05, 0.1) is 33.8 Å². The van der Waals surface area contributed by atoms with Crippen molar-refractivity contribution in [2.45, 2.75) is 37.3 Å². The number of fused-ring (bicyclic) bond motifs is 1. The highest BCUT2D eigenvalue weighted by atomic mass is 32.2. The van der Waals surface area contributed by atoms with Crippen molar-refractivity contribution in [1.82, 2.24) is 4.90 Å². The van der Waals surface area contributed by atoms with Crippen LogP contribution in [0.15, 0.2) is 11.1 Å². The molecule has 0 spiro atoms. The van der Waals surface area contributed by atoms with Gasteiger partial charge in [-0.05, 0) is 19.8 Å². The second-order valence-corrected chi connectivity index (χ2v) is 6.28. The normalized spacial score (nSPS) is 42.1. The lowest BCUT2D eigenvalue weighted by atomic mass is 9.93. The van der Waals surface area contributed by atoms with Gasteiger partial charge >= 0.3 is 0 Å². The van der Waals surface area contributed by atoms with Gasteiger partial charge in [-0.25, -0.2) is 0 Å². The maximum Gasteiger partial charge on any atom is 0.236 e. The summed E-state index contributed by atoms with van der Waals surface area (Å²) in [6.45, 7) is 2.26. The smallest absolute Gasteiger partial charge is 0.236 e. The minimum absolute atomic E-state index is 0.108. The molecule has 1 N–H and O–H groups in total. The Kier molecular flexibility index (Phi) is 2.61. The molecular formula is C11H15NO4S. The van der Waals surface area contributed by atoms with Crippen LogP contribution in [-0.2, 0) is 20.3 Å². The van der Waals surface area contributed by atoms with Crippen LogP contribution >= 0.6 is 0 Å². The van der Waals surface area contributed by atoms with E-state index in [1.54, 1.807) is 13.1 Å². The molecule has 0 aromatic rings. The summed E-state index contributed by atoms with van der Waals surface area (Å²) in [6, 6.07) is 0. The van der Waals surface area contributed by atoms with E-state index < -0.39 is 22.8 Å². The van der Waals surface area contributed by atoms with E-state index in [9.17, 15) is 14.1 Å². The van der Waals surface area contributed by atoms with Crippen LogP contribution in [0.25, 0.3) is 0 Å². The molecule has 0 aliphatic carbocycles. The van der Waals surface area contributed by atoms with Crippen LogP contribution in [0.1, 0.15) is 19.8 Å². The number of nitrogens with zero attached hydrogens (tertiary/aromatic N) is 1. The molecule has 0 radical (unpaired) electrons. The number of aliphatic hydroxyl groups is 1. The van der Waals surface area contributed by atoms with Crippen LogP contribution in [0.2, 0.25) is 0 Å². The number of β-lactam (4-membered cyclic amide) rings is 1. The fourth-order valence-electron chi connectivity index (χ4n) is 2.67. The van der Waals surface area contributed by atoms with Crippen LogP contribution in [0.4, 0.5) is 0 Å². The number of ether oxygens (including phenoxy) is 1. The van der Waals surface area contributed by atoms with E-state index in [1.165, 1.54) is 4.90 Å². The van der Waals surface area contributed by atoms with Crippen LogP contribution in [0.5, 0.6) is 0 Å². The summed E-state index contributed by atoms with van der Waals surface area (Å²) in [6.07, 6.45) is 2.65. The molecule has 3 aliphatic heterocycles. The highest BCUT2D eigenvalue weighted by Gasteiger charge is 2.57. The zero-order valence-corrected chi connectivity index (χ0v) is 10.4. The van der Waals surface area contributed by atoms with E-state index in [4.69, 9.17) is 4.74 Å². The van der Waals surface area contributed by atoms with Gasteiger partial charge in [-0.15, -0.1) is 0 Å². The SMILES string of the molecule is C[C@@H](O)[C@H]1C(=O)N2C=C([C@H]3CCCO3)S(=O)[C@H]12. The second kappa shape index (κ2) is 3.90. The van der Waals surface area contributed by atoms with Crippen LogP contribution in [0.3, 0.4) is 0 Å². The highest BCUT2D eigenvalue weighted by Crippen LogP contribution is 2.42. The molecule has 1 unspecified atom stereocenters. The van der Waals surface area contributed by atoms with E-state index in [1.807, 2.05) is 0 Å². The summed E-state index contributed by atoms with van der Waals surface area (Å²) in [4.78, 5) is 13.9. The largest absolute Gasteiger partial charge is 0.392 e. The Hall–Kier alpha value is -0.720. The molecule has 0 saturated carbocycles. The zero-order valence-electron chi connectivity index (χ0n) is 9.54. The molecule has 5 nitrogen and oxygen atoms in total. The lowest BCUT2D eigenvalue weighted by Crippen LogP contribution is -2.61. The molecule has 3 rings (SSSR count). The Labute approximate surface area is 102 Å². The predicted molar refractivity (Wildman–Crippen MR) is 61.0 cm³/mol. The number of aliphatic hydroxyl groups excluding tert-OH is 1. The molecule has 94 valence electrons. The zero-order chi connectivity index (χ0) is 12.2. The number of amides is 1. The molecule has 5 atom stereocenters.